The van der Waals surface area contributed by atoms with Crippen LogP contribution in [0.15, 0.2) is 29.1 Å². The molecule has 1 aromatic carbocycles. The van der Waals surface area contributed by atoms with Gasteiger partial charge in [0.15, 0.2) is 0 Å². The second-order valence-corrected chi connectivity index (χ2v) is 6.46. The van der Waals surface area contributed by atoms with E-state index in [9.17, 15) is 9.59 Å². The maximum atomic E-state index is 12.8. The van der Waals surface area contributed by atoms with Gasteiger partial charge in [0.05, 0.1) is 26.7 Å². The minimum absolute atomic E-state index is 0.00259. The Labute approximate surface area is 152 Å². The second kappa shape index (κ2) is 7.70. The zero-order valence-corrected chi connectivity index (χ0v) is 15.2. The number of hydrogen-bond donors (Lipinski definition) is 1. The lowest BCUT2D eigenvalue weighted by Gasteiger charge is -2.32. The maximum Gasteiger partial charge on any atom is 0.251 e. The zero-order chi connectivity index (χ0) is 18.7. The minimum Gasteiger partial charge on any atom is -0.496 e. The van der Waals surface area contributed by atoms with Crippen LogP contribution < -0.4 is 10.3 Å². The van der Waals surface area contributed by atoms with E-state index in [1.807, 2.05) is 25.1 Å². The number of aryl methyl sites for hydroxylation is 2. The van der Waals surface area contributed by atoms with E-state index >= 15 is 0 Å². The third-order valence-corrected chi connectivity index (χ3v) is 4.39. The van der Waals surface area contributed by atoms with Crippen LogP contribution in [0.1, 0.15) is 28.7 Å². The van der Waals surface area contributed by atoms with Gasteiger partial charge in [-0.1, -0.05) is 17.7 Å². The molecule has 7 nitrogen and oxygen atoms in total. The summed E-state index contributed by atoms with van der Waals surface area (Å²) in [7, 11) is 1.60. The molecule has 0 unspecified atom stereocenters. The number of nitrogens with one attached hydrogen (secondary N) is 1. The second-order valence-electron chi connectivity index (χ2n) is 6.46. The molecule has 2 heterocycles. The average Bonchev–Trinajstić information content (AvgIpc) is 2.61. The summed E-state index contributed by atoms with van der Waals surface area (Å²) in [6.07, 6.45) is -0.172. The highest BCUT2D eigenvalue weighted by Crippen LogP contribution is 2.23. The molecule has 1 saturated heterocycles. The molecule has 2 aromatic rings. The first-order chi connectivity index (χ1) is 12.5. The number of methoxy groups -OCH3 is 1. The Morgan fingerprint density at radius 1 is 1.38 bits per heavy atom. The average molecular weight is 357 g/mol. The molecule has 1 atom stereocenters. The molecule has 1 aliphatic heterocycles. The molecule has 0 saturated carbocycles. The lowest BCUT2D eigenvalue weighted by molar-refractivity contribution is -0.138. The number of carbonyl (C=O) groups excluding carboxylic acids is 1. The van der Waals surface area contributed by atoms with E-state index in [2.05, 4.69) is 9.97 Å². The number of aromatic amines is 1. The molecule has 0 spiro atoms. The van der Waals surface area contributed by atoms with E-state index < -0.39 is 6.10 Å². The summed E-state index contributed by atoms with van der Waals surface area (Å²) >= 11 is 0. The fourth-order valence-corrected chi connectivity index (χ4v) is 3.12. The summed E-state index contributed by atoms with van der Waals surface area (Å²) in [5.74, 6) is 1.16. The Morgan fingerprint density at radius 2 is 2.19 bits per heavy atom. The van der Waals surface area contributed by atoms with Gasteiger partial charge in [-0.15, -0.1) is 0 Å². The highest BCUT2D eigenvalue weighted by Gasteiger charge is 2.27. The van der Waals surface area contributed by atoms with E-state index in [-0.39, 0.29) is 17.9 Å². The number of aromatic nitrogens is 2. The van der Waals surface area contributed by atoms with Crippen molar-refractivity contribution in [2.45, 2.75) is 26.4 Å². The molecule has 26 heavy (non-hydrogen) atoms. The van der Waals surface area contributed by atoms with Gasteiger partial charge < -0.3 is 19.4 Å². The number of ether oxygens (including phenoxy) is 2. The largest absolute Gasteiger partial charge is 0.496 e. The Morgan fingerprint density at radius 3 is 2.92 bits per heavy atom. The number of amides is 1. The fourth-order valence-electron chi connectivity index (χ4n) is 3.12. The van der Waals surface area contributed by atoms with Gasteiger partial charge in [0.1, 0.15) is 17.7 Å². The van der Waals surface area contributed by atoms with E-state index in [4.69, 9.17) is 9.47 Å². The van der Waals surface area contributed by atoms with Crippen LogP contribution in [0.3, 0.4) is 0 Å². The van der Waals surface area contributed by atoms with Crippen LogP contribution in [0.5, 0.6) is 5.75 Å². The normalized spacial score (nSPS) is 17.2. The van der Waals surface area contributed by atoms with Gasteiger partial charge in [-0.25, -0.2) is 4.98 Å². The van der Waals surface area contributed by atoms with Crippen LogP contribution >= 0.6 is 0 Å². The Hall–Kier alpha value is -2.67. The first-order valence-electron chi connectivity index (χ1n) is 8.57. The number of rotatable bonds is 4. The van der Waals surface area contributed by atoms with Crippen molar-refractivity contribution in [3.63, 3.8) is 0 Å². The first kappa shape index (κ1) is 18.1. The molecular formula is C19H23N3O4. The number of benzene rings is 1. The maximum absolute atomic E-state index is 12.8. The van der Waals surface area contributed by atoms with Crippen LogP contribution in [0, 0.1) is 13.8 Å². The topological polar surface area (TPSA) is 84.5 Å². The van der Waals surface area contributed by atoms with E-state index in [1.165, 1.54) is 6.07 Å². The third kappa shape index (κ3) is 4.11. The lowest BCUT2D eigenvalue weighted by Crippen LogP contribution is -2.43. The van der Waals surface area contributed by atoms with Gasteiger partial charge in [0.2, 0.25) is 5.91 Å². The predicted octanol–water partition coefficient (Wildman–Crippen LogP) is 1.54. The van der Waals surface area contributed by atoms with Crippen molar-refractivity contribution in [1.29, 1.82) is 0 Å². The van der Waals surface area contributed by atoms with Gasteiger partial charge in [-0.05, 0) is 19.9 Å². The van der Waals surface area contributed by atoms with Crippen LogP contribution in [0.25, 0.3) is 0 Å². The van der Waals surface area contributed by atoms with Gasteiger partial charge in [0, 0.05) is 23.9 Å². The van der Waals surface area contributed by atoms with E-state index in [0.717, 1.165) is 11.1 Å². The predicted molar refractivity (Wildman–Crippen MR) is 96.3 cm³/mol. The zero-order valence-electron chi connectivity index (χ0n) is 15.2. The molecule has 1 amide bonds. The SMILES string of the molecule is COc1ccc(C)cc1CC(=O)N1CCO[C@H](c2nc(C)cc(=O)[nH]2)C1. The third-order valence-electron chi connectivity index (χ3n) is 4.39. The molecule has 138 valence electrons. The molecule has 0 radical (unpaired) electrons. The van der Waals surface area contributed by atoms with Gasteiger partial charge in [0.25, 0.3) is 5.56 Å². The van der Waals surface area contributed by atoms with Crippen molar-refractivity contribution in [3.05, 3.63) is 57.3 Å². The van der Waals surface area contributed by atoms with Crippen molar-refractivity contribution in [3.8, 4) is 5.75 Å². The van der Waals surface area contributed by atoms with Crippen LogP contribution in [0.4, 0.5) is 0 Å². The van der Waals surface area contributed by atoms with Crippen molar-refractivity contribution in [1.82, 2.24) is 14.9 Å². The van der Waals surface area contributed by atoms with E-state index in [0.29, 0.717) is 37.0 Å². The number of hydrogen-bond acceptors (Lipinski definition) is 5. The molecule has 0 bridgehead atoms. The van der Waals surface area contributed by atoms with Crippen LogP contribution in [-0.4, -0.2) is 47.6 Å². The number of carbonyl (C=O) groups is 1. The summed E-state index contributed by atoms with van der Waals surface area (Å²) in [4.78, 5) is 33.2. The number of morpholine rings is 1. The molecule has 1 aromatic heterocycles. The number of nitrogens with zero attached hydrogens (tertiary/aromatic N) is 2. The fraction of sp³-hybridized carbons (Fsp3) is 0.421. The molecular weight excluding hydrogens is 334 g/mol. The smallest absolute Gasteiger partial charge is 0.251 e. The van der Waals surface area contributed by atoms with Crippen molar-refractivity contribution >= 4 is 5.91 Å². The first-order valence-corrected chi connectivity index (χ1v) is 8.57. The van der Waals surface area contributed by atoms with Crippen molar-refractivity contribution < 1.29 is 14.3 Å². The highest BCUT2D eigenvalue weighted by atomic mass is 16.5. The van der Waals surface area contributed by atoms with Gasteiger partial charge >= 0.3 is 0 Å². The van der Waals surface area contributed by atoms with Gasteiger partial charge in [-0.3, -0.25) is 9.59 Å². The molecule has 0 aliphatic carbocycles. The summed E-state index contributed by atoms with van der Waals surface area (Å²) in [6, 6.07) is 7.23. The standard InChI is InChI=1S/C19H23N3O4/c1-12-4-5-15(25-3)14(8-12)10-18(24)22-6-7-26-16(11-22)19-20-13(2)9-17(23)21-19/h4-5,8-9,16H,6-7,10-11H2,1-3H3,(H,20,21,23)/t16-/m0/s1. The molecule has 7 heteroatoms. The van der Waals surface area contributed by atoms with Crippen molar-refractivity contribution in [2.24, 2.45) is 0 Å². The Bertz CT molecular complexity index is 862. The summed E-state index contributed by atoms with van der Waals surface area (Å²) in [5.41, 5.74) is 2.35. The molecule has 1 N–H and O–H groups in total. The monoisotopic (exact) mass is 357 g/mol. The molecule has 1 fully saturated rings. The summed E-state index contributed by atoms with van der Waals surface area (Å²) in [5, 5.41) is 0. The quantitative estimate of drug-likeness (QED) is 0.897. The van der Waals surface area contributed by atoms with E-state index in [1.54, 1.807) is 18.9 Å². The van der Waals surface area contributed by atoms with Gasteiger partial charge in [-0.2, -0.15) is 0 Å². The van der Waals surface area contributed by atoms with Crippen molar-refractivity contribution in [2.75, 3.05) is 26.8 Å². The van der Waals surface area contributed by atoms with Crippen LogP contribution in [-0.2, 0) is 16.0 Å². The highest BCUT2D eigenvalue weighted by molar-refractivity contribution is 5.79. The molecule has 3 rings (SSSR count). The summed E-state index contributed by atoms with van der Waals surface area (Å²) < 4.78 is 11.1. The Kier molecular flexibility index (Phi) is 5.37. The number of H-pyrrole nitrogens is 1. The van der Waals surface area contributed by atoms with Crippen LogP contribution in [0.2, 0.25) is 0 Å². The Balaban J connectivity index is 1.74. The molecule has 1 aliphatic rings. The minimum atomic E-state index is -0.431. The summed E-state index contributed by atoms with van der Waals surface area (Å²) in [6.45, 7) is 5.02. The lowest BCUT2D eigenvalue weighted by atomic mass is 10.1.